The van der Waals surface area contributed by atoms with E-state index in [2.05, 4.69) is 15.0 Å². The molecular formula is C17H25N3O3S. The number of oxazole rings is 1. The maximum atomic E-state index is 11.6. The smallest absolute Gasteiger partial charge is 0.225 e. The van der Waals surface area contributed by atoms with Crippen molar-refractivity contribution in [1.29, 1.82) is 0 Å². The third-order valence-corrected chi connectivity index (χ3v) is 5.52. The Balaban J connectivity index is 1.61. The maximum Gasteiger partial charge on any atom is 0.225 e. The number of hydrogen-bond donors (Lipinski definition) is 2. The maximum absolute atomic E-state index is 11.6. The van der Waals surface area contributed by atoms with E-state index in [1.807, 2.05) is 24.3 Å². The zero-order valence-electron chi connectivity index (χ0n) is 14.2. The van der Waals surface area contributed by atoms with Gasteiger partial charge in [0.2, 0.25) is 15.9 Å². The van der Waals surface area contributed by atoms with Crippen LogP contribution in [0.1, 0.15) is 33.1 Å². The number of benzene rings is 1. The van der Waals surface area contributed by atoms with Crippen LogP contribution in [0.15, 0.2) is 41.1 Å². The minimum absolute atomic E-state index is 0.376. The molecule has 0 aliphatic carbocycles. The summed E-state index contributed by atoms with van der Waals surface area (Å²) in [4.78, 5) is 4.11. The molecule has 0 radical (unpaired) electrons. The topological polar surface area (TPSA) is 84.2 Å². The molecule has 2 N–H and O–H groups in total. The minimum atomic E-state index is -3.14. The Morgan fingerprint density at radius 3 is 2.42 bits per heavy atom. The van der Waals surface area contributed by atoms with Gasteiger partial charge < -0.3 is 9.73 Å². The number of hydrogen-bond acceptors (Lipinski definition) is 5. The first-order valence-electron chi connectivity index (χ1n) is 8.21. The number of sulfonamides is 1. The van der Waals surface area contributed by atoms with E-state index in [-0.39, 0.29) is 5.25 Å². The van der Waals surface area contributed by atoms with Gasteiger partial charge in [0.15, 0.2) is 0 Å². The summed E-state index contributed by atoms with van der Waals surface area (Å²) in [5.74, 6) is 0.616. The van der Waals surface area contributed by atoms with Crippen molar-refractivity contribution in [3.8, 4) is 11.5 Å². The Kier molecular flexibility index (Phi) is 6.81. The lowest BCUT2D eigenvalue weighted by atomic mass is 10.2. The van der Waals surface area contributed by atoms with Crippen molar-refractivity contribution in [3.05, 3.63) is 36.7 Å². The normalized spacial score (nSPS) is 11.8. The molecule has 24 heavy (non-hydrogen) atoms. The van der Waals surface area contributed by atoms with Gasteiger partial charge in [0, 0.05) is 24.3 Å². The fraction of sp³-hybridized carbons (Fsp3) is 0.471. The van der Waals surface area contributed by atoms with E-state index in [4.69, 9.17) is 4.42 Å². The summed E-state index contributed by atoms with van der Waals surface area (Å²) in [6, 6.07) is 7.93. The molecule has 1 heterocycles. The minimum Gasteiger partial charge on any atom is -0.445 e. The summed E-state index contributed by atoms with van der Waals surface area (Å²) >= 11 is 0. The molecule has 2 aromatic rings. The van der Waals surface area contributed by atoms with E-state index in [1.165, 1.54) is 0 Å². The lowest BCUT2D eigenvalue weighted by Gasteiger charge is -2.09. The molecule has 0 bridgehead atoms. The van der Waals surface area contributed by atoms with Gasteiger partial charge in [-0.05, 0) is 51.0 Å². The zero-order valence-corrected chi connectivity index (χ0v) is 15.0. The lowest BCUT2D eigenvalue weighted by Crippen LogP contribution is -2.31. The number of unbranched alkanes of at least 4 members (excludes halogenated alkanes) is 2. The Morgan fingerprint density at radius 2 is 1.79 bits per heavy atom. The average Bonchev–Trinajstić information content (AvgIpc) is 3.09. The molecule has 0 fully saturated rings. The predicted molar refractivity (Wildman–Crippen MR) is 96.3 cm³/mol. The van der Waals surface area contributed by atoms with Crippen LogP contribution in [0.5, 0.6) is 0 Å². The van der Waals surface area contributed by atoms with Crippen molar-refractivity contribution < 1.29 is 12.8 Å². The first-order chi connectivity index (χ1) is 11.5. The van der Waals surface area contributed by atoms with Crippen LogP contribution in [0.3, 0.4) is 0 Å². The van der Waals surface area contributed by atoms with Crippen LogP contribution < -0.4 is 10.0 Å². The van der Waals surface area contributed by atoms with Crippen molar-refractivity contribution in [2.24, 2.45) is 0 Å². The van der Waals surface area contributed by atoms with Crippen molar-refractivity contribution in [3.63, 3.8) is 0 Å². The van der Waals surface area contributed by atoms with Crippen LogP contribution in [0.2, 0.25) is 0 Å². The van der Waals surface area contributed by atoms with Gasteiger partial charge in [-0.15, -0.1) is 0 Å². The zero-order chi connectivity index (χ0) is 17.4. The van der Waals surface area contributed by atoms with E-state index in [0.717, 1.165) is 37.1 Å². The van der Waals surface area contributed by atoms with Gasteiger partial charge in [-0.1, -0.05) is 6.42 Å². The molecule has 0 amide bonds. The van der Waals surface area contributed by atoms with Gasteiger partial charge in [0.05, 0.1) is 11.4 Å². The molecular weight excluding hydrogens is 326 g/mol. The van der Waals surface area contributed by atoms with E-state index in [9.17, 15) is 8.42 Å². The summed E-state index contributed by atoms with van der Waals surface area (Å²) in [6.45, 7) is 4.72. The van der Waals surface area contributed by atoms with E-state index in [1.54, 1.807) is 26.3 Å². The molecule has 0 spiro atoms. The number of aromatic nitrogens is 1. The first-order valence-corrected chi connectivity index (χ1v) is 9.76. The van der Waals surface area contributed by atoms with Crippen molar-refractivity contribution in [2.75, 3.05) is 18.4 Å². The summed E-state index contributed by atoms with van der Waals surface area (Å²) in [7, 11) is -3.14. The molecule has 0 unspecified atom stereocenters. The third kappa shape index (κ3) is 5.65. The summed E-state index contributed by atoms with van der Waals surface area (Å²) in [5, 5.41) is 2.98. The molecule has 7 heteroatoms. The standard InChI is InChI=1S/C17H25N3O3S/c1-14(2)24(21,22)20-11-5-3-4-10-18-16-8-6-15(7-9-16)17-19-12-13-23-17/h6-9,12-14,18,20H,3-5,10-11H2,1-2H3. The van der Waals surface area contributed by atoms with Crippen LogP contribution in [0.25, 0.3) is 11.5 Å². The second kappa shape index (κ2) is 8.84. The van der Waals surface area contributed by atoms with Crippen LogP contribution in [-0.2, 0) is 10.0 Å². The van der Waals surface area contributed by atoms with Crippen LogP contribution in [-0.4, -0.2) is 31.7 Å². The monoisotopic (exact) mass is 351 g/mol. The van der Waals surface area contributed by atoms with Gasteiger partial charge in [0.25, 0.3) is 0 Å². The lowest BCUT2D eigenvalue weighted by molar-refractivity contribution is 0.566. The highest BCUT2D eigenvalue weighted by atomic mass is 32.2. The number of rotatable bonds is 10. The van der Waals surface area contributed by atoms with E-state index in [0.29, 0.717) is 12.4 Å². The van der Waals surface area contributed by atoms with Gasteiger partial charge in [-0.2, -0.15) is 0 Å². The Morgan fingerprint density at radius 1 is 1.08 bits per heavy atom. The summed E-state index contributed by atoms with van der Waals surface area (Å²) in [5.41, 5.74) is 1.99. The fourth-order valence-electron chi connectivity index (χ4n) is 2.14. The number of nitrogens with one attached hydrogen (secondary N) is 2. The molecule has 1 aromatic heterocycles. The molecule has 0 atom stereocenters. The second-order valence-corrected chi connectivity index (χ2v) is 8.21. The molecule has 0 aliphatic heterocycles. The summed E-state index contributed by atoms with van der Waals surface area (Å²) in [6.07, 6.45) is 6.00. The fourth-order valence-corrected chi connectivity index (χ4v) is 2.90. The largest absolute Gasteiger partial charge is 0.445 e. The molecule has 0 saturated heterocycles. The van der Waals surface area contributed by atoms with Gasteiger partial charge in [0.1, 0.15) is 6.26 Å². The summed E-state index contributed by atoms with van der Waals surface area (Å²) < 4.78 is 31.0. The first kappa shape index (κ1) is 18.5. The van der Waals surface area contributed by atoms with Gasteiger partial charge in [-0.3, -0.25) is 0 Å². The predicted octanol–water partition coefficient (Wildman–Crippen LogP) is 3.25. The Labute approximate surface area is 143 Å². The van der Waals surface area contributed by atoms with Crippen LogP contribution in [0, 0.1) is 0 Å². The van der Waals surface area contributed by atoms with Crippen molar-refractivity contribution in [2.45, 2.75) is 38.4 Å². The Hall–Kier alpha value is -1.86. The quantitative estimate of drug-likeness (QED) is 0.642. The second-order valence-electron chi connectivity index (χ2n) is 5.89. The average molecular weight is 351 g/mol. The molecule has 1 aromatic carbocycles. The van der Waals surface area contributed by atoms with Crippen molar-refractivity contribution >= 4 is 15.7 Å². The van der Waals surface area contributed by atoms with E-state index < -0.39 is 10.0 Å². The van der Waals surface area contributed by atoms with E-state index >= 15 is 0 Å². The molecule has 132 valence electrons. The molecule has 2 rings (SSSR count). The number of nitrogens with zero attached hydrogens (tertiary/aromatic N) is 1. The molecule has 0 saturated carbocycles. The Bertz CT molecular complexity index is 695. The molecule has 0 aliphatic rings. The highest BCUT2D eigenvalue weighted by molar-refractivity contribution is 7.90. The van der Waals surface area contributed by atoms with Gasteiger partial charge >= 0.3 is 0 Å². The molecule has 6 nitrogen and oxygen atoms in total. The third-order valence-electron chi connectivity index (χ3n) is 3.67. The van der Waals surface area contributed by atoms with Crippen LogP contribution >= 0.6 is 0 Å². The number of anilines is 1. The van der Waals surface area contributed by atoms with Crippen molar-refractivity contribution in [1.82, 2.24) is 9.71 Å². The highest BCUT2D eigenvalue weighted by Crippen LogP contribution is 2.19. The SMILES string of the molecule is CC(C)S(=O)(=O)NCCCCCNc1ccc(-c2ncco2)cc1. The van der Waals surface area contributed by atoms with Crippen LogP contribution in [0.4, 0.5) is 5.69 Å². The highest BCUT2D eigenvalue weighted by Gasteiger charge is 2.13. The van der Waals surface area contributed by atoms with Gasteiger partial charge in [-0.25, -0.2) is 18.1 Å².